The molecular weight excluding hydrogens is 372 g/mol. The molecule has 0 spiro atoms. The van der Waals surface area contributed by atoms with Crippen molar-refractivity contribution in [2.24, 2.45) is 11.8 Å². The summed E-state index contributed by atoms with van der Waals surface area (Å²) >= 11 is 3.39. The van der Waals surface area contributed by atoms with Gasteiger partial charge in [0.1, 0.15) is 0 Å². The maximum Gasteiger partial charge on any atom is 0.233 e. The number of fused-ring (bicyclic) bond motifs is 1. The van der Waals surface area contributed by atoms with Crippen LogP contribution in [-0.4, -0.2) is 29.2 Å². The van der Waals surface area contributed by atoms with Crippen LogP contribution in [0.3, 0.4) is 0 Å². The molecule has 1 aromatic carbocycles. The molecular formula is C18H21BrN2O3. The molecule has 1 N–H and O–H groups in total. The van der Waals surface area contributed by atoms with Crippen molar-refractivity contribution < 1.29 is 14.4 Å². The number of rotatable bonds is 5. The fraction of sp³-hybridized carbons (Fsp3) is 0.500. The van der Waals surface area contributed by atoms with Crippen molar-refractivity contribution in [2.75, 3.05) is 6.54 Å². The van der Waals surface area contributed by atoms with Gasteiger partial charge in [0, 0.05) is 24.0 Å². The normalized spacial score (nSPS) is 23.3. The third-order valence-corrected chi connectivity index (χ3v) is 5.37. The van der Waals surface area contributed by atoms with E-state index in [1.807, 2.05) is 24.3 Å². The van der Waals surface area contributed by atoms with Gasteiger partial charge in [-0.3, -0.25) is 19.3 Å². The van der Waals surface area contributed by atoms with Gasteiger partial charge in [0.2, 0.25) is 17.7 Å². The standard InChI is InChI=1S/C18H21BrN2O3/c19-13-5-3-4-12(10-13)11-20-16(22)8-9-21-17(23)14-6-1-2-7-15(14)18(21)24/h3-5,10,14-15H,1-2,6-9,11H2,(H,20,22). The zero-order valence-electron chi connectivity index (χ0n) is 13.5. The summed E-state index contributed by atoms with van der Waals surface area (Å²) in [6, 6.07) is 7.71. The van der Waals surface area contributed by atoms with Crippen molar-refractivity contribution >= 4 is 33.7 Å². The van der Waals surface area contributed by atoms with Crippen molar-refractivity contribution in [3.05, 3.63) is 34.3 Å². The highest BCUT2D eigenvalue weighted by Gasteiger charge is 2.47. The first-order chi connectivity index (χ1) is 11.6. The molecule has 0 bridgehead atoms. The maximum absolute atomic E-state index is 12.3. The highest BCUT2D eigenvalue weighted by molar-refractivity contribution is 9.10. The molecule has 0 aromatic heterocycles. The van der Waals surface area contributed by atoms with Crippen molar-refractivity contribution in [1.29, 1.82) is 0 Å². The maximum atomic E-state index is 12.3. The van der Waals surface area contributed by atoms with Crippen LogP contribution < -0.4 is 5.32 Å². The number of likely N-dealkylation sites (tertiary alicyclic amines) is 1. The highest BCUT2D eigenvalue weighted by atomic mass is 79.9. The lowest BCUT2D eigenvalue weighted by Gasteiger charge is -2.19. The van der Waals surface area contributed by atoms with Gasteiger partial charge in [-0.25, -0.2) is 0 Å². The second-order valence-corrected chi connectivity index (χ2v) is 7.40. The Balaban J connectivity index is 1.49. The number of carbonyl (C=O) groups is 3. The van der Waals surface area contributed by atoms with Gasteiger partial charge in [0.05, 0.1) is 11.8 Å². The molecule has 2 atom stereocenters. The average Bonchev–Trinajstić information content (AvgIpc) is 2.83. The largest absolute Gasteiger partial charge is 0.352 e. The topological polar surface area (TPSA) is 66.5 Å². The third-order valence-electron chi connectivity index (χ3n) is 4.87. The van der Waals surface area contributed by atoms with Crippen LogP contribution in [0.4, 0.5) is 0 Å². The molecule has 128 valence electrons. The van der Waals surface area contributed by atoms with Gasteiger partial charge < -0.3 is 5.32 Å². The first kappa shape index (κ1) is 17.1. The molecule has 6 heteroatoms. The predicted octanol–water partition coefficient (Wildman–Crippen LogP) is 2.63. The Morgan fingerprint density at radius 1 is 1.17 bits per heavy atom. The van der Waals surface area contributed by atoms with Crippen molar-refractivity contribution in [3.8, 4) is 0 Å². The lowest BCUT2D eigenvalue weighted by atomic mass is 9.81. The monoisotopic (exact) mass is 392 g/mol. The quantitative estimate of drug-likeness (QED) is 0.783. The number of halogens is 1. The van der Waals surface area contributed by atoms with Crippen LogP contribution in [0.5, 0.6) is 0 Å². The van der Waals surface area contributed by atoms with Crippen molar-refractivity contribution in [1.82, 2.24) is 10.2 Å². The minimum Gasteiger partial charge on any atom is -0.352 e. The van der Waals surface area contributed by atoms with Crippen LogP contribution in [0.25, 0.3) is 0 Å². The van der Waals surface area contributed by atoms with Crippen LogP contribution in [0.1, 0.15) is 37.7 Å². The van der Waals surface area contributed by atoms with Gasteiger partial charge in [-0.15, -0.1) is 0 Å². The molecule has 1 saturated heterocycles. The number of carbonyl (C=O) groups excluding carboxylic acids is 3. The van der Waals surface area contributed by atoms with Crippen LogP contribution in [0, 0.1) is 11.8 Å². The van der Waals surface area contributed by atoms with Gasteiger partial charge in [0.15, 0.2) is 0 Å². The molecule has 0 radical (unpaired) electrons. The second kappa shape index (κ2) is 7.47. The fourth-order valence-corrected chi connectivity index (χ4v) is 4.05. The molecule has 1 saturated carbocycles. The molecule has 3 rings (SSSR count). The highest BCUT2D eigenvalue weighted by Crippen LogP contribution is 2.37. The van der Waals surface area contributed by atoms with E-state index in [0.29, 0.717) is 6.54 Å². The van der Waals surface area contributed by atoms with E-state index in [1.165, 1.54) is 4.90 Å². The van der Waals surface area contributed by atoms with E-state index in [2.05, 4.69) is 21.2 Å². The first-order valence-electron chi connectivity index (χ1n) is 8.42. The van der Waals surface area contributed by atoms with Gasteiger partial charge in [-0.2, -0.15) is 0 Å². The van der Waals surface area contributed by atoms with E-state index in [-0.39, 0.29) is 42.5 Å². The zero-order valence-corrected chi connectivity index (χ0v) is 15.0. The number of imide groups is 1. The van der Waals surface area contributed by atoms with E-state index < -0.39 is 0 Å². The first-order valence-corrected chi connectivity index (χ1v) is 9.22. The summed E-state index contributed by atoms with van der Waals surface area (Å²) in [4.78, 5) is 38.0. The zero-order chi connectivity index (χ0) is 17.1. The van der Waals surface area contributed by atoms with Crippen LogP contribution in [0.2, 0.25) is 0 Å². The number of amides is 3. The van der Waals surface area contributed by atoms with Gasteiger partial charge in [0.25, 0.3) is 0 Å². The summed E-state index contributed by atoms with van der Waals surface area (Å²) in [7, 11) is 0. The lowest BCUT2D eigenvalue weighted by molar-refractivity contribution is -0.140. The molecule has 1 aliphatic heterocycles. The Labute approximate surface area is 149 Å². The van der Waals surface area contributed by atoms with E-state index in [9.17, 15) is 14.4 Å². The Morgan fingerprint density at radius 2 is 1.83 bits per heavy atom. The smallest absolute Gasteiger partial charge is 0.233 e. The van der Waals surface area contributed by atoms with Gasteiger partial charge in [-0.1, -0.05) is 40.9 Å². The SMILES string of the molecule is O=C(CCN1C(=O)C2CCCCC2C1=O)NCc1cccc(Br)c1. The Morgan fingerprint density at radius 3 is 2.46 bits per heavy atom. The number of nitrogens with zero attached hydrogens (tertiary/aromatic N) is 1. The van der Waals surface area contributed by atoms with E-state index in [1.54, 1.807) is 0 Å². The van der Waals surface area contributed by atoms with Crippen LogP contribution in [0.15, 0.2) is 28.7 Å². The van der Waals surface area contributed by atoms with E-state index in [0.717, 1.165) is 35.7 Å². The Bertz CT molecular complexity index is 637. The summed E-state index contributed by atoms with van der Waals surface area (Å²) in [5.41, 5.74) is 0.997. The fourth-order valence-electron chi connectivity index (χ4n) is 3.60. The van der Waals surface area contributed by atoms with Crippen LogP contribution in [-0.2, 0) is 20.9 Å². The number of nitrogens with one attached hydrogen (secondary N) is 1. The van der Waals surface area contributed by atoms with Gasteiger partial charge in [-0.05, 0) is 30.5 Å². The minimum atomic E-state index is -0.148. The molecule has 2 unspecified atom stereocenters. The summed E-state index contributed by atoms with van der Waals surface area (Å²) in [5.74, 6) is -0.591. The molecule has 3 amide bonds. The summed E-state index contributed by atoms with van der Waals surface area (Å²) in [5, 5.41) is 2.83. The minimum absolute atomic E-state index is 0.0792. The van der Waals surface area contributed by atoms with Crippen molar-refractivity contribution in [2.45, 2.75) is 38.6 Å². The predicted molar refractivity (Wildman–Crippen MR) is 92.8 cm³/mol. The number of benzene rings is 1. The molecule has 1 aromatic rings. The van der Waals surface area contributed by atoms with Crippen molar-refractivity contribution in [3.63, 3.8) is 0 Å². The molecule has 1 aliphatic carbocycles. The number of hydrogen-bond acceptors (Lipinski definition) is 3. The third kappa shape index (κ3) is 3.69. The molecule has 5 nitrogen and oxygen atoms in total. The van der Waals surface area contributed by atoms with E-state index in [4.69, 9.17) is 0 Å². The average molecular weight is 393 g/mol. The van der Waals surface area contributed by atoms with Crippen LogP contribution >= 0.6 is 15.9 Å². The molecule has 2 aliphatic rings. The summed E-state index contributed by atoms with van der Waals surface area (Å²) in [6.07, 6.45) is 3.80. The number of hydrogen-bond donors (Lipinski definition) is 1. The second-order valence-electron chi connectivity index (χ2n) is 6.48. The summed E-state index contributed by atoms with van der Waals surface area (Å²) < 4.78 is 0.963. The molecule has 1 heterocycles. The lowest BCUT2D eigenvalue weighted by Crippen LogP contribution is -2.35. The van der Waals surface area contributed by atoms with Gasteiger partial charge >= 0.3 is 0 Å². The summed E-state index contributed by atoms with van der Waals surface area (Å²) in [6.45, 7) is 0.625. The molecule has 2 fully saturated rings. The van der Waals surface area contributed by atoms with E-state index >= 15 is 0 Å². The Hall–Kier alpha value is -1.69. The Kier molecular flexibility index (Phi) is 5.33. The molecule has 24 heavy (non-hydrogen) atoms.